The first kappa shape index (κ1) is 10.1. The Morgan fingerprint density at radius 3 is 2.94 bits per heavy atom. The maximum atomic E-state index is 9.73. The van der Waals surface area contributed by atoms with Crippen molar-refractivity contribution in [1.29, 1.82) is 0 Å². The number of rotatable bonds is 1. The van der Waals surface area contributed by atoms with Gasteiger partial charge in [-0.1, -0.05) is 11.6 Å². The van der Waals surface area contributed by atoms with Crippen LogP contribution in [0.25, 0.3) is 22.7 Å². The molecule has 0 fully saturated rings. The van der Waals surface area contributed by atoms with E-state index < -0.39 is 0 Å². The maximum absolute atomic E-state index is 9.73. The number of hydrogen-bond donors (Lipinski definition) is 1. The molecule has 3 rings (SSSR count). The summed E-state index contributed by atoms with van der Waals surface area (Å²) < 4.78 is 5.45. The van der Waals surface area contributed by atoms with E-state index in [9.17, 15) is 5.11 Å². The van der Waals surface area contributed by atoms with E-state index in [1.165, 1.54) is 6.07 Å². The lowest BCUT2D eigenvalue weighted by atomic mass is 10.2. The predicted octanol–water partition coefficient (Wildman–Crippen LogP) is 3.25. The lowest BCUT2D eigenvalue weighted by Crippen LogP contribution is -1.78. The van der Waals surface area contributed by atoms with Crippen LogP contribution < -0.4 is 0 Å². The smallest absolute Gasteiger partial charge is 0.247 e. The third kappa shape index (κ3) is 1.72. The zero-order chi connectivity index (χ0) is 11.8. The molecule has 0 aliphatic carbocycles. The predicted molar refractivity (Wildman–Crippen MR) is 63.9 cm³/mol. The van der Waals surface area contributed by atoms with E-state index in [2.05, 4.69) is 9.97 Å². The van der Waals surface area contributed by atoms with Crippen molar-refractivity contribution in [2.24, 2.45) is 0 Å². The van der Waals surface area contributed by atoms with Gasteiger partial charge in [0, 0.05) is 11.2 Å². The third-order valence-electron chi connectivity index (χ3n) is 2.36. The van der Waals surface area contributed by atoms with E-state index in [4.69, 9.17) is 16.0 Å². The molecule has 0 aliphatic rings. The number of benzene rings is 1. The van der Waals surface area contributed by atoms with Gasteiger partial charge in [-0.2, -0.15) is 0 Å². The third-order valence-corrected chi connectivity index (χ3v) is 2.59. The van der Waals surface area contributed by atoms with Crippen LogP contribution in [0.4, 0.5) is 0 Å². The standard InChI is InChI=1S/C12H7ClN2O2/c13-7-3-4-10(16)8(6-7)11-15-9-2-1-5-14-12(9)17-11/h1-6,16H. The van der Waals surface area contributed by atoms with Crippen LogP contribution in [-0.4, -0.2) is 15.1 Å². The summed E-state index contributed by atoms with van der Waals surface area (Å²) in [6.07, 6.45) is 1.62. The first-order chi connectivity index (χ1) is 8.24. The zero-order valence-corrected chi connectivity index (χ0v) is 9.35. The average molecular weight is 247 g/mol. The Hall–Kier alpha value is -2.07. The fourth-order valence-corrected chi connectivity index (χ4v) is 1.74. The number of halogens is 1. The highest BCUT2D eigenvalue weighted by Gasteiger charge is 2.12. The molecule has 2 heterocycles. The molecule has 0 radical (unpaired) electrons. The number of phenolic OH excluding ortho intramolecular Hbond substituents is 1. The summed E-state index contributed by atoms with van der Waals surface area (Å²) in [7, 11) is 0. The second-order valence-corrected chi connectivity index (χ2v) is 3.94. The second-order valence-electron chi connectivity index (χ2n) is 3.51. The van der Waals surface area contributed by atoms with Crippen molar-refractivity contribution in [2.75, 3.05) is 0 Å². The fraction of sp³-hybridized carbons (Fsp3) is 0. The van der Waals surface area contributed by atoms with E-state index in [-0.39, 0.29) is 5.75 Å². The van der Waals surface area contributed by atoms with Crippen LogP contribution in [0.5, 0.6) is 5.75 Å². The van der Waals surface area contributed by atoms with Crippen molar-refractivity contribution < 1.29 is 9.52 Å². The van der Waals surface area contributed by atoms with Gasteiger partial charge in [0.1, 0.15) is 11.3 Å². The van der Waals surface area contributed by atoms with Crippen LogP contribution in [0.1, 0.15) is 0 Å². The number of pyridine rings is 1. The highest BCUT2D eigenvalue weighted by molar-refractivity contribution is 6.30. The molecule has 1 N–H and O–H groups in total. The van der Waals surface area contributed by atoms with Gasteiger partial charge >= 0.3 is 0 Å². The summed E-state index contributed by atoms with van der Waals surface area (Å²) in [5.41, 5.74) is 1.53. The molecule has 3 aromatic rings. The molecule has 84 valence electrons. The molecular weight excluding hydrogens is 240 g/mol. The monoisotopic (exact) mass is 246 g/mol. The van der Waals surface area contributed by atoms with Crippen molar-refractivity contribution in [1.82, 2.24) is 9.97 Å². The van der Waals surface area contributed by atoms with Gasteiger partial charge in [0.15, 0.2) is 0 Å². The zero-order valence-electron chi connectivity index (χ0n) is 8.59. The van der Waals surface area contributed by atoms with Crippen LogP contribution >= 0.6 is 11.6 Å². The molecule has 5 heteroatoms. The molecule has 0 saturated heterocycles. The number of aromatic nitrogens is 2. The van der Waals surface area contributed by atoms with Crippen LogP contribution in [-0.2, 0) is 0 Å². The summed E-state index contributed by atoms with van der Waals surface area (Å²) in [6, 6.07) is 8.26. The number of phenols is 1. The van der Waals surface area contributed by atoms with Gasteiger partial charge < -0.3 is 9.52 Å². The summed E-state index contributed by atoms with van der Waals surface area (Å²) in [5, 5.41) is 10.2. The maximum Gasteiger partial charge on any atom is 0.247 e. The van der Waals surface area contributed by atoms with Gasteiger partial charge in [0.05, 0.1) is 5.56 Å². The molecule has 17 heavy (non-hydrogen) atoms. The highest BCUT2D eigenvalue weighted by atomic mass is 35.5. The van der Waals surface area contributed by atoms with Gasteiger partial charge in [0.2, 0.25) is 11.6 Å². The van der Waals surface area contributed by atoms with Crippen molar-refractivity contribution in [3.8, 4) is 17.2 Å². The summed E-state index contributed by atoms with van der Waals surface area (Å²) in [4.78, 5) is 8.27. The Bertz CT molecular complexity index is 661. The van der Waals surface area contributed by atoms with E-state index in [1.807, 2.05) is 0 Å². The molecular formula is C12H7ClN2O2. The Balaban J connectivity index is 2.23. The summed E-state index contributed by atoms with van der Waals surface area (Å²) in [6.45, 7) is 0. The van der Waals surface area contributed by atoms with E-state index in [1.54, 1.807) is 30.5 Å². The number of aromatic hydroxyl groups is 1. The Kier molecular flexibility index (Phi) is 2.23. The minimum Gasteiger partial charge on any atom is -0.507 e. The largest absolute Gasteiger partial charge is 0.507 e. The van der Waals surface area contributed by atoms with Crippen LogP contribution in [0.15, 0.2) is 40.9 Å². The van der Waals surface area contributed by atoms with Crippen LogP contribution in [0.2, 0.25) is 5.02 Å². The molecule has 0 bridgehead atoms. The first-order valence-corrected chi connectivity index (χ1v) is 5.32. The number of hydrogen-bond acceptors (Lipinski definition) is 4. The van der Waals surface area contributed by atoms with Gasteiger partial charge in [-0.3, -0.25) is 0 Å². The molecule has 1 aromatic carbocycles. The van der Waals surface area contributed by atoms with Crippen molar-refractivity contribution >= 4 is 22.8 Å². The lowest BCUT2D eigenvalue weighted by molar-refractivity contribution is 0.474. The van der Waals surface area contributed by atoms with E-state index >= 15 is 0 Å². The van der Waals surface area contributed by atoms with Crippen molar-refractivity contribution in [3.05, 3.63) is 41.6 Å². The van der Waals surface area contributed by atoms with Crippen LogP contribution in [0.3, 0.4) is 0 Å². The van der Waals surface area contributed by atoms with Crippen molar-refractivity contribution in [2.45, 2.75) is 0 Å². The highest BCUT2D eigenvalue weighted by Crippen LogP contribution is 2.32. The SMILES string of the molecule is Oc1ccc(Cl)cc1-c1nc2cccnc2o1. The van der Waals surface area contributed by atoms with Gasteiger partial charge in [-0.15, -0.1) is 0 Å². The molecule has 0 aliphatic heterocycles. The topological polar surface area (TPSA) is 59.2 Å². The normalized spacial score (nSPS) is 10.9. The molecule has 0 spiro atoms. The first-order valence-electron chi connectivity index (χ1n) is 4.94. The van der Waals surface area contributed by atoms with Gasteiger partial charge in [0.25, 0.3) is 0 Å². The average Bonchev–Trinajstić information content (AvgIpc) is 2.75. The van der Waals surface area contributed by atoms with Gasteiger partial charge in [-0.25, -0.2) is 9.97 Å². The molecule has 4 nitrogen and oxygen atoms in total. The minimum absolute atomic E-state index is 0.0703. The number of nitrogens with zero attached hydrogens (tertiary/aromatic N) is 2. The van der Waals surface area contributed by atoms with Crippen LogP contribution in [0, 0.1) is 0 Å². The Morgan fingerprint density at radius 1 is 1.24 bits per heavy atom. The molecule has 0 unspecified atom stereocenters. The summed E-state index contributed by atoms with van der Waals surface area (Å²) >= 11 is 5.87. The van der Waals surface area contributed by atoms with Crippen molar-refractivity contribution in [3.63, 3.8) is 0 Å². The van der Waals surface area contributed by atoms with E-state index in [0.717, 1.165) is 0 Å². The quantitative estimate of drug-likeness (QED) is 0.716. The van der Waals surface area contributed by atoms with E-state index in [0.29, 0.717) is 27.7 Å². The molecule has 2 aromatic heterocycles. The molecule has 0 saturated carbocycles. The molecule has 0 atom stereocenters. The number of oxazole rings is 1. The Morgan fingerprint density at radius 2 is 2.12 bits per heavy atom. The van der Waals surface area contributed by atoms with Gasteiger partial charge in [-0.05, 0) is 30.3 Å². The minimum atomic E-state index is 0.0703. The second kappa shape index (κ2) is 3.75. The fourth-order valence-electron chi connectivity index (χ4n) is 1.56. The number of fused-ring (bicyclic) bond motifs is 1. The Labute approximate surface area is 102 Å². The summed E-state index contributed by atoms with van der Waals surface area (Å²) in [5.74, 6) is 0.375. The lowest BCUT2D eigenvalue weighted by Gasteiger charge is -1.99. The molecule has 0 amide bonds.